The van der Waals surface area contributed by atoms with Gasteiger partial charge in [0.15, 0.2) is 11.3 Å². The fourth-order valence-electron chi connectivity index (χ4n) is 8.62. The van der Waals surface area contributed by atoms with Gasteiger partial charge in [-0.05, 0) is 68.9 Å². The van der Waals surface area contributed by atoms with Crippen LogP contribution in [0.4, 0.5) is 15.8 Å². The lowest BCUT2D eigenvalue weighted by atomic mass is 9.92. The number of rotatable bonds is 9. The summed E-state index contributed by atoms with van der Waals surface area (Å²) in [6.45, 7) is 1.96. The van der Waals surface area contributed by atoms with Crippen LogP contribution in [0.5, 0.6) is 5.75 Å². The van der Waals surface area contributed by atoms with Crippen LogP contribution in [0.2, 0.25) is 0 Å². The van der Waals surface area contributed by atoms with Crippen LogP contribution in [0.3, 0.4) is 0 Å². The van der Waals surface area contributed by atoms with Crippen LogP contribution in [0.1, 0.15) is 82.1 Å². The Morgan fingerprint density at radius 1 is 1.00 bits per heavy atom. The maximum absolute atomic E-state index is 16.1. The van der Waals surface area contributed by atoms with E-state index in [1.807, 2.05) is 27.9 Å². The summed E-state index contributed by atoms with van der Waals surface area (Å²) >= 11 is 0. The van der Waals surface area contributed by atoms with Crippen molar-refractivity contribution < 1.29 is 33.1 Å². The number of carbonyl (C=O) groups is 5. The van der Waals surface area contributed by atoms with Gasteiger partial charge in [-0.2, -0.15) is 10.2 Å². The molecule has 5 amide bonds. The van der Waals surface area contributed by atoms with Crippen LogP contribution >= 0.6 is 0 Å². The summed E-state index contributed by atoms with van der Waals surface area (Å²) in [6.07, 6.45) is 11.7. The largest absolute Gasteiger partial charge is 0.488 e. The molecule has 1 saturated carbocycles. The van der Waals surface area contributed by atoms with Crippen molar-refractivity contribution in [2.24, 2.45) is 0 Å². The summed E-state index contributed by atoms with van der Waals surface area (Å²) < 4.78 is 25.9. The number of likely N-dealkylation sites (tertiary alicyclic amines) is 1. The number of amides is 5. The number of benzene rings is 2. The lowest BCUT2D eigenvalue weighted by molar-refractivity contribution is -0.136. The minimum absolute atomic E-state index is 0.0461. The van der Waals surface area contributed by atoms with Gasteiger partial charge in [0, 0.05) is 61.8 Å². The molecule has 4 aliphatic heterocycles. The monoisotopic (exact) mass is 774 g/mol. The molecule has 3 aromatic heterocycles. The Balaban J connectivity index is 0.773. The number of piperidine rings is 2. The normalized spacial score (nSPS) is 21.5. The van der Waals surface area contributed by atoms with Gasteiger partial charge in [-0.25, -0.2) is 13.9 Å². The first kappa shape index (κ1) is 35.2. The fourth-order valence-corrected chi connectivity index (χ4v) is 8.62. The van der Waals surface area contributed by atoms with E-state index in [1.54, 1.807) is 41.2 Å². The summed E-state index contributed by atoms with van der Waals surface area (Å²) in [4.78, 5) is 73.1. The van der Waals surface area contributed by atoms with Crippen LogP contribution in [0, 0.1) is 0 Å². The van der Waals surface area contributed by atoms with Crippen molar-refractivity contribution in [3.63, 3.8) is 0 Å². The lowest BCUT2D eigenvalue weighted by Crippen LogP contribution is -2.64. The number of hydrogen-bond acceptors (Lipinski definition) is 11. The number of hydrogen-bond donors (Lipinski definition) is 2. The number of imide groups is 2. The minimum atomic E-state index is -1.44. The van der Waals surface area contributed by atoms with Crippen LogP contribution in [-0.4, -0.2) is 114 Å². The average Bonchev–Trinajstić information content (AvgIpc) is 3.86. The summed E-state index contributed by atoms with van der Waals surface area (Å²) in [7, 11) is 0. The van der Waals surface area contributed by atoms with Crippen molar-refractivity contribution in [1.29, 1.82) is 0 Å². The van der Waals surface area contributed by atoms with Gasteiger partial charge >= 0.3 is 0 Å². The standard InChI is InChI=1S/C40H39FN10O6/c41-40(21-48(22-40)25-5-6-27-28(16-25)39(56)51(38(27)55)32-7-8-34(52)45-37(32)54)20-47-13-9-24(10-14-47)50-19-23-15-31(33(17-30(23)46-50)57-26-3-1-4-26)44-36(53)29-18-43-49-12-2-11-42-35(29)49/h2,5-6,11-12,15-19,24,26,32H,1,3-4,7-10,13-14,20-22H2,(H,44,53)(H,45,52,54). The number of alkyl halides is 1. The molecule has 17 heteroatoms. The molecule has 0 spiro atoms. The quantitative estimate of drug-likeness (QED) is 0.210. The van der Waals surface area contributed by atoms with Crippen molar-refractivity contribution in [2.75, 3.05) is 42.9 Å². The molecule has 1 unspecified atom stereocenters. The van der Waals surface area contributed by atoms with Crippen molar-refractivity contribution in [3.8, 4) is 5.75 Å². The number of anilines is 2. The summed E-state index contributed by atoms with van der Waals surface area (Å²) in [6, 6.07) is 9.47. The van der Waals surface area contributed by atoms with E-state index in [0.29, 0.717) is 41.4 Å². The third-order valence-corrected chi connectivity index (χ3v) is 11.9. The molecule has 16 nitrogen and oxygen atoms in total. The zero-order valence-electron chi connectivity index (χ0n) is 30.9. The van der Waals surface area contributed by atoms with Gasteiger partial charge in [0.25, 0.3) is 17.7 Å². The Hall–Kier alpha value is -6.23. The third-order valence-electron chi connectivity index (χ3n) is 11.9. The van der Waals surface area contributed by atoms with Gasteiger partial charge < -0.3 is 15.0 Å². The summed E-state index contributed by atoms with van der Waals surface area (Å²) in [5.41, 5.74) is 1.70. The molecule has 7 heterocycles. The molecule has 5 aliphatic rings. The summed E-state index contributed by atoms with van der Waals surface area (Å²) in [5.74, 6) is -2.01. The average molecular weight is 775 g/mol. The van der Waals surface area contributed by atoms with E-state index in [0.717, 1.165) is 47.9 Å². The number of nitrogens with zero attached hydrogens (tertiary/aromatic N) is 8. The van der Waals surface area contributed by atoms with Crippen molar-refractivity contribution >= 4 is 57.5 Å². The molecule has 0 radical (unpaired) electrons. The number of aromatic nitrogens is 5. The van der Waals surface area contributed by atoms with Crippen molar-refractivity contribution in [1.82, 2.24) is 39.5 Å². The molecule has 292 valence electrons. The van der Waals surface area contributed by atoms with Crippen molar-refractivity contribution in [2.45, 2.75) is 68.8 Å². The highest BCUT2D eigenvalue weighted by Crippen LogP contribution is 2.38. The van der Waals surface area contributed by atoms with Crippen LogP contribution in [-0.2, 0) is 9.59 Å². The molecule has 10 rings (SSSR count). The molecule has 3 saturated heterocycles. The molecule has 1 aliphatic carbocycles. The zero-order chi connectivity index (χ0) is 39.0. The highest BCUT2D eigenvalue weighted by atomic mass is 19.1. The second kappa shape index (κ2) is 13.5. The second-order valence-electron chi connectivity index (χ2n) is 15.8. The van der Waals surface area contributed by atoms with Gasteiger partial charge in [-0.3, -0.25) is 43.8 Å². The first-order valence-electron chi connectivity index (χ1n) is 19.4. The van der Waals surface area contributed by atoms with Crippen molar-refractivity contribution in [3.05, 3.63) is 77.9 Å². The number of ether oxygens (including phenoxy) is 1. The molecule has 2 N–H and O–H groups in total. The van der Waals surface area contributed by atoms with Crippen LogP contribution in [0.25, 0.3) is 16.6 Å². The Morgan fingerprint density at radius 3 is 2.58 bits per heavy atom. The highest BCUT2D eigenvalue weighted by molar-refractivity contribution is 6.23. The van der Waals surface area contributed by atoms with E-state index in [-0.39, 0.29) is 61.7 Å². The number of fused-ring (bicyclic) bond motifs is 3. The molecular formula is C40H39FN10O6. The van der Waals surface area contributed by atoms with Gasteiger partial charge in [0.2, 0.25) is 11.8 Å². The van der Waals surface area contributed by atoms with E-state index in [2.05, 4.69) is 25.6 Å². The Morgan fingerprint density at radius 2 is 1.81 bits per heavy atom. The fraction of sp³-hybridized carbons (Fsp3) is 0.400. The van der Waals surface area contributed by atoms with Gasteiger partial charge in [-0.1, -0.05) is 0 Å². The van der Waals surface area contributed by atoms with Crippen LogP contribution < -0.4 is 20.3 Å². The predicted octanol–water partition coefficient (Wildman–Crippen LogP) is 3.53. The molecule has 2 aromatic carbocycles. The highest BCUT2D eigenvalue weighted by Gasteiger charge is 2.48. The molecular weight excluding hydrogens is 736 g/mol. The van der Waals surface area contributed by atoms with Gasteiger partial charge in [0.1, 0.15) is 17.4 Å². The van der Waals surface area contributed by atoms with Gasteiger partial charge in [-0.15, -0.1) is 0 Å². The molecule has 1 atom stereocenters. The number of halogens is 1. The van der Waals surface area contributed by atoms with E-state index in [9.17, 15) is 24.0 Å². The SMILES string of the molecule is O=C1CCC(N2C(=O)c3ccc(N4CC(F)(CN5CCC(n6cc7cc(NC(=O)c8cnn9cccnc89)c(OC8CCC8)cc7n6)CC5)C4)cc3C2=O)C(=O)N1. The minimum Gasteiger partial charge on any atom is -0.488 e. The molecule has 5 aromatic rings. The first-order chi connectivity index (χ1) is 27.6. The van der Waals surface area contributed by atoms with Gasteiger partial charge in [0.05, 0.1) is 53.8 Å². The smallest absolute Gasteiger partial charge is 0.262 e. The Labute approximate surface area is 324 Å². The second-order valence-corrected chi connectivity index (χ2v) is 15.8. The topological polar surface area (TPSA) is 176 Å². The maximum Gasteiger partial charge on any atom is 0.262 e. The zero-order valence-corrected chi connectivity index (χ0v) is 30.9. The van der Waals surface area contributed by atoms with E-state index in [1.165, 1.54) is 6.20 Å². The molecule has 57 heavy (non-hydrogen) atoms. The Kier molecular flexibility index (Phi) is 8.31. The number of nitrogens with one attached hydrogen (secondary N) is 2. The van der Waals surface area contributed by atoms with E-state index < -0.39 is 35.3 Å². The molecule has 0 bridgehead atoms. The van der Waals surface area contributed by atoms with E-state index in [4.69, 9.17) is 9.84 Å². The summed E-state index contributed by atoms with van der Waals surface area (Å²) in [5, 5.41) is 15.3. The molecule has 4 fully saturated rings. The predicted molar refractivity (Wildman–Crippen MR) is 203 cm³/mol. The maximum atomic E-state index is 16.1. The third kappa shape index (κ3) is 6.25. The van der Waals surface area contributed by atoms with E-state index >= 15 is 4.39 Å². The Bertz CT molecular complexity index is 2500. The van der Waals surface area contributed by atoms with Crippen LogP contribution in [0.15, 0.2) is 61.2 Å². The lowest BCUT2D eigenvalue weighted by Gasteiger charge is -2.48. The first-order valence-corrected chi connectivity index (χ1v) is 19.4. The number of carbonyl (C=O) groups excluding carboxylic acids is 5.